The molecule has 0 atom stereocenters. The Morgan fingerprint density at radius 1 is 1.17 bits per heavy atom. The number of Topliss-reactive ketones (excluding diaryl/α,β-unsaturated/α-hetero) is 1. The van der Waals surface area contributed by atoms with Gasteiger partial charge in [0.1, 0.15) is 0 Å². The summed E-state index contributed by atoms with van der Waals surface area (Å²) >= 11 is 1.21. The Morgan fingerprint density at radius 2 is 1.88 bits per heavy atom. The monoisotopic (exact) mass is 361 g/mol. The smallest absolute Gasteiger partial charge is 0.261 e. The molecule has 0 radical (unpaired) electrons. The lowest BCUT2D eigenvalue weighted by Crippen LogP contribution is -2.13. The molecule has 6 nitrogen and oxygen atoms in total. The number of sulfonamides is 1. The number of benzene rings is 1. The lowest BCUT2D eigenvalue weighted by molar-refractivity contribution is 0.102. The highest BCUT2D eigenvalue weighted by Crippen LogP contribution is 2.26. The Morgan fingerprint density at radius 3 is 2.46 bits per heavy atom. The average Bonchev–Trinajstić information content (AvgIpc) is 3.16. The molecule has 0 aliphatic heterocycles. The van der Waals surface area contributed by atoms with Crippen LogP contribution in [0.5, 0.6) is 0 Å². The molecule has 0 spiro atoms. The van der Waals surface area contributed by atoms with Crippen LogP contribution in [0.2, 0.25) is 0 Å². The summed E-state index contributed by atoms with van der Waals surface area (Å²) in [6.07, 6.45) is 3.57. The Labute approximate surface area is 143 Å². The van der Waals surface area contributed by atoms with Crippen LogP contribution in [0.3, 0.4) is 0 Å². The first kappa shape index (κ1) is 16.4. The van der Waals surface area contributed by atoms with Gasteiger partial charge in [0.15, 0.2) is 5.78 Å². The summed E-state index contributed by atoms with van der Waals surface area (Å²) < 4.78 is 29.1. The van der Waals surface area contributed by atoms with E-state index in [9.17, 15) is 13.2 Å². The van der Waals surface area contributed by atoms with Crippen molar-refractivity contribution in [2.75, 3.05) is 4.72 Å². The topological polar surface area (TPSA) is 81.1 Å². The lowest BCUT2D eigenvalue weighted by atomic mass is 10.1. The fourth-order valence-electron chi connectivity index (χ4n) is 2.26. The van der Waals surface area contributed by atoms with Gasteiger partial charge in [-0.05, 0) is 29.1 Å². The normalized spacial score (nSPS) is 11.4. The zero-order valence-electron chi connectivity index (χ0n) is 13.1. The second-order valence-electron chi connectivity index (χ2n) is 5.25. The van der Waals surface area contributed by atoms with Gasteiger partial charge in [-0.3, -0.25) is 14.2 Å². The predicted molar refractivity (Wildman–Crippen MR) is 93.8 cm³/mol. The van der Waals surface area contributed by atoms with Crippen molar-refractivity contribution >= 4 is 32.8 Å². The maximum atomic E-state index is 12.5. The molecule has 0 saturated heterocycles. The van der Waals surface area contributed by atoms with Crippen molar-refractivity contribution in [3.63, 3.8) is 0 Å². The number of nitrogens with zero attached hydrogens (tertiary/aromatic N) is 2. The zero-order valence-corrected chi connectivity index (χ0v) is 14.7. The molecule has 0 unspecified atom stereocenters. The lowest BCUT2D eigenvalue weighted by Gasteiger charge is -2.08. The summed E-state index contributed by atoms with van der Waals surface area (Å²) in [4.78, 5) is 12.0. The molecule has 0 bridgehead atoms. The maximum absolute atomic E-state index is 12.5. The van der Waals surface area contributed by atoms with Crippen molar-refractivity contribution < 1.29 is 13.2 Å². The number of aryl methyl sites for hydroxylation is 1. The Hall–Kier alpha value is -2.45. The van der Waals surface area contributed by atoms with Gasteiger partial charge < -0.3 is 0 Å². The van der Waals surface area contributed by atoms with Crippen LogP contribution in [0.25, 0.3) is 11.1 Å². The molecule has 2 heterocycles. The van der Waals surface area contributed by atoms with E-state index in [1.165, 1.54) is 30.4 Å². The first-order valence-corrected chi connectivity index (χ1v) is 9.43. The van der Waals surface area contributed by atoms with Gasteiger partial charge in [-0.2, -0.15) is 5.10 Å². The molecule has 0 aliphatic carbocycles. The molecule has 0 amide bonds. The quantitative estimate of drug-likeness (QED) is 0.708. The number of aromatic nitrogens is 2. The number of rotatable bonds is 5. The largest absolute Gasteiger partial charge is 0.294 e. The van der Waals surface area contributed by atoms with Crippen molar-refractivity contribution in [3.8, 4) is 11.1 Å². The van der Waals surface area contributed by atoms with Crippen LogP contribution in [0.1, 0.15) is 16.6 Å². The van der Waals surface area contributed by atoms with Crippen LogP contribution in [-0.2, 0) is 17.1 Å². The number of carbonyl (C=O) groups is 1. The number of anilines is 1. The van der Waals surface area contributed by atoms with Crippen molar-refractivity contribution in [1.29, 1.82) is 0 Å². The third kappa shape index (κ3) is 3.24. The predicted octanol–water partition coefficient (Wildman–Crippen LogP) is 3.15. The fraction of sp³-hybridized carbons (Fsp3) is 0.125. The molecule has 0 aliphatic rings. The first-order chi connectivity index (χ1) is 11.4. The van der Waals surface area contributed by atoms with Gasteiger partial charge >= 0.3 is 0 Å². The zero-order chi connectivity index (χ0) is 17.3. The van der Waals surface area contributed by atoms with Crippen LogP contribution in [-0.4, -0.2) is 24.0 Å². The van der Waals surface area contributed by atoms with E-state index in [-0.39, 0.29) is 10.7 Å². The molecule has 0 saturated carbocycles. The summed E-state index contributed by atoms with van der Waals surface area (Å²) in [6, 6.07) is 8.11. The molecule has 8 heteroatoms. The molecular weight excluding hydrogens is 346 g/mol. The highest BCUT2D eigenvalue weighted by molar-refractivity contribution is 7.92. The van der Waals surface area contributed by atoms with Gasteiger partial charge in [-0.1, -0.05) is 12.1 Å². The minimum atomic E-state index is -3.75. The second-order valence-corrected chi connectivity index (χ2v) is 7.85. The second kappa shape index (κ2) is 6.21. The Bertz CT molecular complexity index is 986. The highest BCUT2D eigenvalue weighted by Gasteiger charge is 2.18. The summed E-state index contributed by atoms with van der Waals surface area (Å²) in [5.41, 5.74) is 2.09. The summed E-state index contributed by atoms with van der Waals surface area (Å²) in [7, 11) is -1.93. The molecule has 2 aromatic heterocycles. The van der Waals surface area contributed by atoms with E-state index in [1.54, 1.807) is 34.5 Å². The summed E-state index contributed by atoms with van der Waals surface area (Å²) in [5.74, 6) is -0.172. The van der Waals surface area contributed by atoms with Gasteiger partial charge in [-0.15, -0.1) is 11.3 Å². The molecule has 1 N–H and O–H groups in total. The van der Waals surface area contributed by atoms with Gasteiger partial charge in [0.25, 0.3) is 10.0 Å². The molecule has 0 fully saturated rings. The Balaban J connectivity index is 1.87. The van der Waals surface area contributed by atoms with E-state index in [4.69, 9.17) is 0 Å². The maximum Gasteiger partial charge on any atom is 0.261 e. The van der Waals surface area contributed by atoms with E-state index in [2.05, 4.69) is 9.82 Å². The van der Waals surface area contributed by atoms with E-state index in [1.807, 2.05) is 13.2 Å². The SMILES string of the molecule is CC(=O)c1sccc1NS(=O)(=O)c1ccc(-c2cnn(C)c2)cc1. The van der Waals surface area contributed by atoms with E-state index >= 15 is 0 Å². The minimum absolute atomic E-state index is 0.135. The summed E-state index contributed by atoms with van der Waals surface area (Å²) in [5, 5.41) is 5.78. The van der Waals surface area contributed by atoms with Crippen LogP contribution in [0.4, 0.5) is 5.69 Å². The van der Waals surface area contributed by atoms with Crippen molar-refractivity contribution in [2.24, 2.45) is 7.05 Å². The van der Waals surface area contributed by atoms with Crippen LogP contribution in [0, 0.1) is 0 Å². The van der Waals surface area contributed by atoms with Crippen molar-refractivity contribution in [2.45, 2.75) is 11.8 Å². The summed E-state index contributed by atoms with van der Waals surface area (Å²) in [6.45, 7) is 1.41. The van der Waals surface area contributed by atoms with Gasteiger partial charge in [0.05, 0.1) is 21.7 Å². The van der Waals surface area contributed by atoms with Crippen LogP contribution in [0.15, 0.2) is 53.0 Å². The van der Waals surface area contributed by atoms with Gasteiger partial charge in [0, 0.05) is 25.7 Å². The molecule has 3 rings (SSSR count). The van der Waals surface area contributed by atoms with Gasteiger partial charge in [-0.25, -0.2) is 8.42 Å². The average molecular weight is 361 g/mol. The van der Waals surface area contributed by atoms with E-state index < -0.39 is 10.0 Å². The number of nitrogens with one attached hydrogen (secondary N) is 1. The van der Waals surface area contributed by atoms with Gasteiger partial charge in [0.2, 0.25) is 0 Å². The number of thiophene rings is 1. The van der Waals surface area contributed by atoms with E-state index in [0.29, 0.717) is 10.6 Å². The number of hydrogen-bond donors (Lipinski definition) is 1. The molecule has 1 aromatic carbocycles. The van der Waals surface area contributed by atoms with Crippen molar-refractivity contribution in [1.82, 2.24) is 9.78 Å². The van der Waals surface area contributed by atoms with Crippen molar-refractivity contribution in [3.05, 3.63) is 53.0 Å². The fourth-order valence-corrected chi connectivity index (χ4v) is 4.15. The van der Waals surface area contributed by atoms with Crippen LogP contribution >= 0.6 is 11.3 Å². The number of carbonyl (C=O) groups excluding carboxylic acids is 1. The third-order valence-electron chi connectivity index (χ3n) is 3.43. The molecule has 24 heavy (non-hydrogen) atoms. The third-order valence-corrected chi connectivity index (χ3v) is 5.83. The highest BCUT2D eigenvalue weighted by atomic mass is 32.2. The molecule has 124 valence electrons. The molecular formula is C16H15N3O3S2. The standard InChI is InChI=1S/C16H15N3O3S2/c1-11(20)16-15(7-8-23-16)18-24(21,22)14-5-3-12(4-6-14)13-9-17-19(2)10-13/h3-10,18H,1-2H3. The minimum Gasteiger partial charge on any atom is -0.294 e. The van der Waals surface area contributed by atoms with Crippen LogP contribution < -0.4 is 4.72 Å². The number of hydrogen-bond acceptors (Lipinski definition) is 5. The number of ketones is 1. The first-order valence-electron chi connectivity index (χ1n) is 7.07. The van der Waals surface area contributed by atoms with E-state index in [0.717, 1.165) is 11.1 Å². The molecule has 3 aromatic rings. The Kier molecular flexibility index (Phi) is 4.25.